The highest BCUT2D eigenvalue weighted by Crippen LogP contribution is 2.27. The smallest absolute Gasteiger partial charge is 0.349 e. The van der Waals surface area contributed by atoms with Crippen molar-refractivity contribution in [2.75, 3.05) is 14.2 Å². The molecule has 5 nitrogen and oxygen atoms in total. The van der Waals surface area contributed by atoms with Gasteiger partial charge in [0.1, 0.15) is 9.88 Å². The third-order valence-corrected chi connectivity index (χ3v) is 3.47. The second-order valence-electron chi connectivity index (χ2n) is 3.82. The first-order chi connectivity index (χ1) is 9.63. The molecule has 0 amide bonds. The Morgan fingerprint density at radius 2 is 2.15 bits per heavy atom. The van der Waals surface area contributed by atoms with Gasteiger partial charge in [0.15, 0.2) is 11.5 Å². The summed E-state index contributed by atoms with van der Waals surface area (Å²) in [6, 6.07) is 5.02. The summed E-state index contributed by atoms with van der Waals surface area (Å²) in [5.74, 6) is 0.0990. The van der Waals surface area contributed by atoms with Crippen LogP contribution in [0.1, 0.15) is 20.2 Å². The number of methoxy groups -OCH3 is 2. The van der Waals surface area contributed by atoms with Crippen molar-refractivity contribution in [2.45, 2.75) is 0 Å². The molecule has 0 aliphatic rings. The molecule has 0 bridgehead atoms. The van der Waals surface area contributed by atoms with E-state index in [1.165, 1.54) is 31.8 Å². The Labute approximate surface area is 120 Å². The Hall–Kier alpha value is -2.34. The van der Waals surface area contributed by atoms with Gasteiger partial charge in [0.25, 0.3) is 0 Å². The molecule has 2 rings (SSSR count). The summed E-state index contributed by atoms with van der Waals surface area (Å²) < 4.78 is 9.65. The van der Waals surface area contributed by atoms with Gasteiger partial charge < -0.3 is 14.6 Å². The third kappa shape index (κ3) is 3.16. The number of carbonyl (C=O) groups is 1. The fraction of sp³-hybridized carbons (Fsp3) is 0.143. The van der Waals surface area contributed by atoms with Crippen LogP contribution in [-0.2, 0) is 4.74 Å². The van der Waals surface area contributed by atoms with Gasteiger partial charge in [-0.3, -0.25) is 0 Å². The van der Waals surface area contributed by atoms with Crippen molar-refractivity contribution in [3.8, 4) is 11.5 Å². The minimum atomic E-state index is -0.395. The highest BCUT2D eigenvalue weighted by molar-refractivity contribution is 7.14. The van der Waals surface area contributed by atoms with Crippen molar-refractivity contribution in [3.05, 3.63) is 39.8 Å². The SMILES string of the molecule is COC(=O)c1cnc(C=Cc2ccc(O)c(OC)c2)s1. The predicted molar refractivity (Wildman–Crippen MR) is 77.0 cm³/mol. The topological polar surface area (TPSA) is 68.7 Å². The molecule has 1 N–H and O–H groups in total. The van der Waals surface area contributed by atoms with E-state index < -0.39 is 5.97 Å². The largest absolute Gasteiger partial charge is 0.504 e. The number of nitrogens with zero attached hydrogens (tertiary/aromatic N) is 1. The number of aromatic nitrogens is 1. The van der Waals surface area contributed by atoms with Crippen LogP contribution in [0.2, 0.25) is 0 Å². The van der Waals surface area contributed by atoms with Crippen LogP contribution in [-0.4, -0.2) is 30.3 Å². The fourth-order valence-electron chi connectivity index (χ4n) is 1.53. The molecule has 0 aliphatic heterocycles. The van der Waals surface area contributed by atoms with Crippen LogP contribution >= 0.6 is 11.3 Å². The molecular weight excluding hydrogens is 278 g/mol. The van der Waals surface area contributed by atoms with Gasteiger partial charge in [-0.2, -0.15) is 0 Å². The normalized spacial score (nSPS) is 10.7. The minimum Gasteiger partial charge on any atom is -0.504 e. The summed E-state index contributed by atoms with van der Waals surface area (Å²) in [7, 11) is 2.83. The number of esters is 1. The van der Waals surface area contributed by atoms with E-state index in [-0.39, 0.29) is 5.75 Å². The lowest BCUT2D eigenvalue weighted by molar-refractivity contribution is 0.0606. The first kappa shape index (κ1) is 14.1. The number of hydrogen-bond acceptors (Lipinski definition) is 6. The van der Waals surface area contributed by atoms with Crippen LogP contribution in [0.4, 0.5) is 0 Å². The molecule has 1 aromatic carbocycles. The standard InChI is InChI=1S/C14H13NO4S/c1-18-11-7-9(3-5-10(11)16)4-6-13-15-8-12(20-13)14(17)19-2/h3-8,16H,1-2H3. The second kappa shape index (κ2) is 6.21. The number of rotatable bonds is 4. The van der Waals surface area contributed by atoms with Crippen molar-refractivity contribution in [1.82, 2.24) is 4.98 Å². The lowest BCUT2D eigenvalue weighted by atomic mass is 10.2. The van der Waals surface area contributed by atoms with Gasteiger partial charge >= 0.3 is 5.97 Å². The number of aromatic hydroxyl groups is 1. The molecule has 0 aliphatic carbocycles. The molecule has 0 atom stereocenters. The molecule has 6 heteroatoms. The van der Waals surface area contributed by atoms with E-state index >= 15 is 0 Å². The van der Waals surface area contributed by atoms with Crippen LogP contribution < -0.4 is 4.74 Å². The summed E-state index contributed by atoms with van der Waals surface area (Å²) in [5, 5.41) is 10.2. The summed E-state index contributed by atoms with van der Waals surface area (Å²) >= 11 is 1.24. The van der Waals surface area contributed by atoms with Gasteiger partial charge in [-0.25, -0.2) is 9.78 Å². The summed E-state index contributed by atoms with van der Waals surface area (Å²) in [6.45, 7) is 0. The minimum absolute atomic E-state index is 0.0897. The van der Waals surface area contributed by atoms with Crippen molar-refractivity contribution in [1.29, 1.82) is 0 Å². The van der Waals surface area contributed by atoms with E-state index in [0.717, 1.165) is 5.56 Å². The van der Waals surface area contributed by atoms with E-state index in [1.807, 2.05) is 6.08 Å². The number of thiazole rings is 1. The van der Waals surface area contributed by atoms with Crippen LogP contribution in [0.3, 0.4) is 0 Å². The van der Waals surface area contributed by atoms with E-state index in [9.17, 15) is 9.90 Å². The highest BCUT2D eigenvalue weighted by Gasteiger charge is 2.08. The molecule has 104 valence electrons. The number of benzene rings is 1. The molecule has 0 saturated carbocycles. The van der Waals surface area contributed by atoms with Gasteiger partial charge in [-0.05, 0) is 23.8 Å². The Balaban J connectivity index is 2.17. The van der Waals surface area contributed by atoms with Gasteiger partial charge in [-0.1, -0.05) is 12.1 Å². The van der Waals surface area contributed by atoms with Crippen molar-refractivity contribution in [2.24, 2.45) is 0 Å². The Kier molecular flexibility index (Phi) is 4.37. The zero-order valence-electron chi connectivity index (χ0n) is 11.0. The number of ether oxygens (including phenoxy) is 2. The second-order valence-corrected chi connectivity index (χ2v) is 4.88. The quantitative estimate of drug-likeness (QED) is 0.877. The van der Waals surface area contributed by atoms with E-state index in [1.54, 1.807) is 24.3 Å². The monoisotopic (exact) mass is 291 g/mol. The lowest BCUT2D eigenvalue weighted by Gasteiger charge is -2.03. The summed E-state index contributed by atoms with van der Waals surface area (Å²) in [6.07, 6.45) is 5.08. The van der Waals surface area contributed by atoms with Gasteiger partial charge in [0.2, 0.25) is 0 Å². The molecular formula is C14H13NO4S. The molecule has 0 saturated heterocycles. The van der Waals surface area contributed by atoms with Gasteiger partial charge in [0, 0.05) is 0 Å². The highest BCUT2D eigenvalue weighted by atomic mass is 32.1. The number of carbonyl (C=O) groups excluding carboxylic acids is 1. The number of phenols is 1. The van der Waals surface area contributed by atoms with Gasteiger partial charge in [0.05, 0.1) is 20.4 Å². The van der Waals surface area contributed by atoms with E-state index in [2.05, 4.69) is 9.72 Å². The maximum atomic E-state index is 11.3. The average molecular weight is 291 g/mol. The average Bonchev–Trinajstić information content (AvgIpc) is 2.94. The van der Waals surface area contributed by atoms with Crippen molar-refractivity contribution in [3.63, 3.8) is 0 Å². The summed E-state index contributed by atoms with van der Waals surface area (Å²) in [5.41, 5.74) is 0.856. The maximum absolute atomic E-state index is 11.3. The van der Waals surface area contributed by atoms with Crippen LogP contribution in [0.15, 0.2) is 24.4 Å². The predicted octanol–water partition coefficient (Wildman–Crippen LogP) is 2.81. The first-order valence-electron chi connectivity index (χ1n) is 5.73. The van der Waals surface area contributed by atoms with E-state index in [4.69, 9.17) is 4.74 Å². The molecule has 1 aromatic heterocycles. The van der Waals surface area contributed by atoms with Crippen molar-refractivity contribution < 1.29 is 19.4 Å². The Morgan fingerprint density at radius 3 is 2.85 bits per heavy atom. The Morgan fingerprint density at radius 1 is 1.35 bits per heavy atom. The summed E-state index contributed by atoms with van der Waals surface area (Å²) in [4.78, 5) is 15.9. The first-order valence-corrected chi connectivity index (χ1v) is 6.55. The molecule has 20 heavy (non-hydrogen) atoms. The molecule has 2 aromatic rings. The molecule has 0 radical (unpaired) electrons. The van der Waals surface area contributed by atoms with E-state index in [0.29, 0.717) is 15.6 Å². The van der Waals surface area contributed by atoms with Crippen molar-refractivity contribution >= 4 is 29.5 Å². The maximum Gasteiger partial charge on any atom is 0.349 e. The van der Waals surface area contributed by atoms with Crippen LogP contribution in [0.25, 0.3) is 12.2 Å². The molecule has 0 fully saturated rings. The van der Waals surface area contributed by atoms with Crippen LogP contribution in [0, 0.1) is 0 Å². The number of phenolic OH excluding ortho intramolecular Hbond substituents is 1. The number of hydrogen-bond donors (Lipinski definition) is 1. The molecule has 1 heterocycles. The fourth-order valence-corrected chi connectivity index (χ4v) is 2.26. The van der Waals surface area contributed by atoms with Crippen LogP contribution in [0.5, 0.6) is 11.5 Å². The zero-order chi connectivity index (χ0) is 14.5. The van der Waals surface area contributed by atoms with Gasteiger partial charge in [-0.15, -0.1) is 11.3 Å². The third-order valence-electron chi connectivity index (χ3n) is 2.53. The zero-order valence-corrected chi connectivity index (χ0v) is 11.8. The molecule has 0 spiro atoms. The lowest BCUT2D eigenvalue weighted by Crippen LogP contribution is -1.96. The molecule has 0 unspecified atom stereocenters. The Bertz CT molecular complexity index is 648.